The van der Waals surface area contributed by atoms with Crippen LogP contribution in [0.1, 0.15) is 5.56 Å². The van der Waals surface area contributed by atoms with Gasteiger partial charge in [-0.2, -0.15) is 5.26 Å². The number of benzene rings is 3. The second kappa shape index (κ2) is 9.78. The maximum Gasteiger partial charge on any atom is 0.264 e. The third kappa shape index (κ3) is 5.21. The Hall–Kier alpha value is -3.83. The zero-order valence-corrected chi connectivity index (χ0v) is 17.7. The Morgan fingerprint density at radius 2 is 1.65 bits per heavy atom. The van der Waals surface area contributed by atoms with E-state index in [-0.39, 0.29) is 17.0 Å². The van der Waals surface area contributed by atoms with Crippen molar-refractivity contribution in [2.75, 3.05) is 23.3 Å². The highest BCUT2D eigenvalue weighted by atomic mass is 32.2. The summed E-state index contributed by atoms with van der Waals surface area (Å²) in [6, 6.07) is 23.4. The van der Waals surface area contributed by atoms with E-state index in [1.54, 1.807) is 66.7 Å². The topological polar surface area (TPSA) is 99.5 Å². The zero-order valence-electron chi connectivity index (χ0n) is 16.9. The first-order chi connectivity index (χ1) is 15.0. The number of carbonyl (C=O) groups is 1. The molecule has 0 heterocycles. The molecule has 0 fully saturated rings. The maximum absolute atomic E-state index is 13.4. The monoisotopic (exact) mass is 435 g/mol. The molecular weight excluding hydrogens is 414 g/mol. The van der Waals surface area contributed by atoms with E-state index in [9.17, 15) is 13.2 Å². The van der Waals surface area contributed by atoms with E-state index in [4.69, 9.17) is 10.00 Å². The van der Waals surface area contributed by atoms with E-state index in [2.05, 4.69) is 11.4 Å². The van der Waals surface area contributed by atoms with E-state index >= 15 is 0 Å². The number of sulfonamides is 1. The predicted molar refractivity (Wildman–Crippen MR) is 118 cm³/mol. The van der Waals surface area contributed by atoms with Crippen LogP contribution in [0.5, 0.6) is 5.75 Å². The van der Waals surface area contributed by atoms with E-state index in [1.807, 2.05) is 0 Å². The highest BCUT2D eigenvalue weighted by Gasteiger charge is 2.29. The first-order valence-corrected chi connectivity index (χ1v) is 10.9. The van der Waals surface area contributed by atoms with Crippen LogP contribution in [0, 0.1) is 11.3 Å². The van der Waals surface area contributed by atoms with Crippen LogP contribution in [-0.4, -0.2) is 28.0 Å². The maximum atomic E-state index is 13.4. The Labute approximate surface area is 181 Å². The van der Waals surface area contributed by atoms with Crippen molar-refractivity contribution in [3.05, 3.63) is 84.4 Å². The average Bonchev–Trinajstić information content (AvgIpc) is 2.79. The number of ether oxygens (including phenoxy) is 1. The van der Waals surface area contributed by atoms with Crippen LogP contribution < -0.4 is 14.4 Å². The number of nitrogens with zero attached hydrogens (tertiary/aromatic N) is 2. The van der Waals surface area contributed by atoms with Gasteiger partial charge in [0.25, 0.3) is 10.0 Å². The van der Waals surface area contributed by atoms with Gasteiger partial charge < -0.3 is 10.1 Å². The summed E-state index contributed by atoms with van der Waals surface area (Å²) in [7, 11) is -2.59. The number of amides is 1. The van der Waals surface area contributed by atoms with Gasteiger partial charge in [0.1, 0.15) is 12.3 Å². The van der Waals surface area contributed by atoms with Gasteiger partial charge in [-0.05, 0) is 42.0 Å². The summed E-state index contributed by atoms with van der Waals surface area (Å²) in [5.74, 6) is -0.186. The average molecular weight is 436 g/mol. The van der Waals surface area contributed by atoms with Crippen molar-refractivity contribution in [2.24, 2.45) is 0 Å². The molecule has 0 aliphatic heterocycles. The molecule has 0 aromatic heterocycles. The second-order valence-corrected chi connectivity index (χ2v) is 8.44. The lowest BCUT2D eigenvalue weighted by molar-refractivity contribution is -0.114. The minimum Gasteiger partial charge on any atom is -0.495 e. The van der Waals surface area contributed by atoms with Crippen LogP contribution in [0.2, 0.25) is 0 Å². The van der Waals surface area contributed by atoms with Gasteiger partial charge in [0.05, 0.1) is 30.2 Å². The zero-order chi connectivity index (χ0) is 22.3. The number of anilines is 2. The molecular formula is C23H21N3O4S. The molecule has 158 valence electrons. The Bertz CT molecular complexity index is 1190. The predicted octanol–water partition coefficient (Wildman–Crippen LogP) is 3.60. The van der Waals surface area contributed by atoms with Crippen LogP contribution in [-0.2, 0) is 21.2 Å². The summed E-state index contributed by atoms with van der Waals surface area (Å²) in [4.78, 5) is 12.8. The summed E-state index contributed by atoms with van der Waals surface area (Å²) in [6.07, 6.45) is 0.269. The summed E-state index contributed by atoms with van der Waals surface area (Å²) >= 11 is 0. The molecule has 0 aliphatic carbocycles. The number of methoxy groups -OCH3 is 1. The molecule has 0 bridgehead atoms. The Kier molecular flexibility index (Phi) is 6.90. The Morgan fingerprint density at radius 1 is 1.00 bits per heavy atom. The van der Waals surface area contributed by atoms with Gasteiger partial charge in [-0.3, -0.25) is 9.10 Å². The number of carbonyl (C=O) groups excluding carboxylic acids is 1. The van der Waals surface area contributed by atoms with Crippen molar-refractivity contribution in [2.45, 2.75) is 11.3 Å². The van der Waals surface area contributed by atoms with Crippen molar-refractivity contribution >= 4 is 27.3 Å². The number of hydrogen-bond donors (Lipinski definition) is 1. The lowest BCUT2D eigenvalue weighted by Crippen LogP contribution is -2.38. The molecule has 0 saturated heterocycles. The van der Waals surface area contributed by atoms with E-state index < -0.39 is 22.5 Å². The SMILES string of the molecule is COc1ccccc1N(CC(=O)Nc1ccc(CC#N)cc1)S(=O)(=O)c1ccccc1. The number of para-hydroxylation sites is 2. The van der Waals surface area contributed by atoms with Crippen molar-refractivity contribution in [1.82, 2.24) is 0 Å². The van der Waals surface area contributed by atoms with Crippen LogP contribution in [0.15, 0.2) is 83.8 Å². The summed E-state index contributed by atoms with van der Waals surface area (Å²) in [5, 5.41) is 11.5. The third-order valence-corrected chi connectivity index (χ3v) is 6.27. The molecule has 0 aliphatic rings. The van der Waals surface area contributed by atoms with Gasteiger partial charge >= 0.3 is 0 Å². The van der Waals surface area contributed by atoms with Crippen LogP contribution in [0.3, 0.4) is 0 Å². The Balaban J connectivity index is 1.91. The van der Waals surface area contributed by atoms with Gasteiger partial charge in [-0.15, -0.1) is 0 Å². The summed E-state index contributed by atoms with van der Waals surface area (Å²) in [5.41, 5.74) is 1.58. The van der Waals surface area contributed by atoms with Crippen molar-refractivity contribution in [1.29, 1.82) is 5.26 Å². The molecule has 31 heavy (non-hydrogen) atoms. The summed E-state index contributed by atoms with van der Waals surface area (Å²) < 4.78 is 33.1. The minimum absolute atomic E-state index is 0.0644. The van der Waals surface area contributed by atoms with Crippen LogP contribution in [0.25, 0.3) is 0 Å². The van der Waals surface area contributed by atoms with Gasteiger partial charge in [-0.1, -0.05) is 42.5 Å². The van der Waals surface area contributed by atoms with E-state index in [0.717, 1.165) is 9.87 Å². The number of rotatable bonds is 8. The second-order valence-electron chi connectivity index (χ2n) is 6.58. The summed E-state index contributed by atoms with van der Waals surface area (Å²) in [6.45, 7) is -0.447. The minimum atomic E-state index is -4.03. The van der Waals surface area contributed by atoms with Gasteiger partial charge in [0.15, 0.2) is 0 Å². The number of nitriles is 1. The first kappa shape index (κ1) is 21.9. The van der Waals surface area contributed by atoms with Gasteiger partial charge in [0, 0.05) is 5.69 Å². The molecule has 0 radical (unpaired) electrons. The van der Waals surface area contributed by atoms with Crippen molar-refractivity contribution < 1.29 is 17.9 Å². The molecule has 0 atom stereocenters. The third-order valence-electron chi connectivity index (χ3n) is 4.49. The van der Waals surface area contributed by atoms with Gasteiger partial charge in [0.2, 0.25) is 5.91 Å². The fraction of sp³-hybridized carbons (Fsp3) is 0.130. The molecule has 1 amide bonds. The fourth-order valence-corrected chi connectivity index (χ4v) is 4.44. The molecule has 3 aromatic rings. The van der Waals surface area contributed by atoms with Crippen LogP contribution in [0.4, 0.5) is 11.4 Å². The standard InChI is InChI=1S/C23H21N3O4S/c1-30-22-10-6-5-9-21(22)26(31(28,29)20-7-3-2-4-8-20)17-23(27)25-19-13-11-18(12-14-19)15-16-24/h2-14H,15,17H2,1H3,(H,25,27). The molecule has 3 rings (SSSR count). The van der Waals surface area contributed by atoms with Gasteiger partial charge in [-0.25, -0.2) is 8.42 Å². The fourth-order valence-electron chi connectivity index (χ4n) is 2.98. The molecule has 1 N–H and O–H groups in total. The molecule has 3 aromatic carbocycles. The molecule has 8 heteroatoms. The number of hydrogen-bond acceptors (Lipinski definition) is 5. The quantitative estimate of drug-likeness (QED) is 0.583. The number of nitrogens with one attached hydrogen (secondary N) is 1. The van der Waals surface area contributed by atoms with E-state index in [0.29, 0.717) is 11.4 Å². The highest BCUT2D eigenvalue weighted by molar-refractivity contribution is 7.92. The molecule has 0 unspecified atom stereocenters. The van der Waals surface area contributed by atoms with E-state index in [1.165, 1.54) is 19.2 Å². The van der Waals surface area contributed by atoms with Crippen molar-refractivity contribution in [3.63, 3.8) is 0 Å². The molecule has 7 nitrogen and oxygen atoms in total. The smallest absolute Gasteiger partial charge is 0.264 e. The lowest BCUT2D eigenvalue weighted by Gasteiger charge is -2.25. The van der Waals surface area contributed by atoms with Crippen LogP contribution >= 0.6 is 0 Å². The Morgan fingerprint density at radius 3 is 2.29 bits per heavy atom. The van der Waals surface area contributed by atoms with Crippen molar-refractivity contribution in [3.8, 4) is 11.8 Å². The molecule has 0 saturated carbocycles. The highest BCUT2D eigenvalue weighted by Crippen LogP contribution is 2.32. The molecule has 0 spiro atoms. The normalized spacial score (nSPS) is 10.7. The largest absolute Gasteiger partial charge is 0.495 e. The first-order valence-electron chi connectivity index (χ1n) is 9.42. The lowest BCUT2D eigenvalue weighted by atomic mass is 10.1.